The molecule has 0 amide bonds. The lowest BCUT2D eigenvalue weighted by molar-refractivity contribution is 0.0268. The van der Waals surface area contributed by atoms with Crippen molar-refractivity contribution >= 4 is 0 Å². The van der Waals surface area contributed by atoms with Crippen molar-refractivity contribution in [2.24, 2.45) is 5.92 Å². The van der Waals surface area contributed by atoms with Crippen molar-refractivity contribution in [2.75, 3.05) is 33.9 Å². The Bertz CT molecular complexity index is 375. The predicted molar refractivity (Wildman–Crippen MR) is 77.4 cm³/mol. The molecule has 2 rings (SSSR count). The molecule has 0 radical (unpaired) electrons. The fourth-order valence-corrected chi connectivity index (χ4v) is 2.87. The van der Waals surface area contributed by atoms with Gasteiger partial charge in [0, 0.05) is 14.2 Å². The van der Waals surface area contributed by atoms with Crippen LogP contribution in [0.25, 0.3) is 0 Å². The molecule has 106 valence electrons. The molecule has 1 fully saturated rings. The van der Waals surface area contributed by atoms with E-state index in [1.54, 1.807) is 14.2 Å². The smallest absolute Gasteiger partial charge is 0.106 e. The fraction of sp³-hybridized carbons (Fsp3) is 0.625. The van der Waals surface area contributed by atoms with Crippen molar-refractivity contribution in [1.82, 2.24) is 5.32 Å². The zero-order valence-electron chi connectivity index (χ0n) is 12.0. The van der Waals surface area contributed by atoms with E-state index >= 15 is 0 Å². The average molecular weight is 263 g/mol. The van der Waals surface area contributed by atoms with Gasteiger partial charge >= 0.3 is 0 Å². The van der Waals surface area contributed by atoms with Crippen molar-refractivity contribution in [1.29, 1.82) is 0 Å². The quantitative estimate of drug-likeness (QED) is 0.855. The Hall–Kier alpha value is -0.900. The summed E-state index contributed by atoms with van der Waals surface area (Å²) < 4.78 is 10.8. The lowest BCUT2D eigenvalue weighted by Gasteiger charge is -2.25. The number of nitrogens with one attached hydrogen (secondary N) is 1. The van der Waals surface area contributed by atoms with Gasteiger partial charge in [0.15, 0.2) is 0 Å². The van der Waals surface area contributed by atoms with Gasteiger partial charge in [0.25, 0.3) is 0 Å². The normalized spacial score (nSPS) is 18.4. The van der Waals surface area contributed by atoms with Crippen LogP contribution in [0, 0.1) is 5.92 Å². The summed E-state index contributed by atoms with van der Waals surface area (Å²) in [5.41, 5.74) is 2.70. The van der Waals surface area contributed by atoms with Crippen molar-refractivity contribution < 1.29 is 9.47 Å². The first-order valence-corrected chi connectivity index (χ1v) is 7.15. The van der Waals surface area contributed by atoms with E-state index in [1.165, 1.54) is 24.0 Å². The molecule has 1 aromatic rings. The van der Waals surface area contributed by atoms with E-state index in [1.807, 2.05) is 0 Å². The van der Waals surface area contributed by atoms with Crippen LogP contribution in [0.4, 0.5) is 0 Å². The highest BCUT2D eigenvalue weighted by atomic mass is 16.5. The van der Waals surface area contributed by atoms with Crippen molar-refractivity contribution in [3.63, 3.8) is 0 Å². The highest BCUT2D eigenvalue weighted by Gasteiger charge is 2.18. The van der Waals surface area contributed by atoms with Crippen LogP contribution in [0.2, 0.25) is 0 Å². The molecule has 0 bridgehead atoms. The predicted octanol–water partition coefficient (Wildman–Crippen LogP) is 2.56. The summed E-state index contributed by atoms with van der Waals surface area (Å²) in [5, 5.41) is 3.42. The van der Waals surface area contributed by atoms with Crippen molar-refractivity contribution in [3.05, 3.63) is 35.4 Å². The summed E-state index contributed by atoms with van der Waals surface area (Å²) in [6.45, 7) is 2.91. The lowest BCUT2D eigenvalue weighted by Crippen LogP contribution is -2.29. The van der Waals surface area contributed by atoms with E-state index < -0.39 is 0 Å². The van der Waals surface area contributed by atoms with Gasteiger partial charge in [-0.25, -0.2) is 0 Å². The largest absolute Gasteiger partial charge is 0.382 e. The van der Waals surface area contributed by atoms with Gasteiger partial charge < -0.3 is 14.8 Å². The van der Waals surface area contributed by atoms with Crippen LogP contribution in [0.5, 0.6) is 0 Å². The number of benzene rings is 1. The van der Waals surface area contributed by atoms with Crippen LogP contribution in [0.15, 0.2) is 24.3 Å². The van der Waals surface area contributed by atoms with Crippen LogP contribution in [-0.2, 0) is 15.9 Å². The molecule has 1 aliphatic heterocycles. The molecule has 1 unspecified atom stereocenters. The molecule has 0 aliphatic carbocycles. The molecule has 1 N–H and O–H groups in total. The van der Waals surface area contributed by atoms with Gasteiger partial charge in [-0.2, -0.15) is 0 Å². The summed E-state index contributed by atoms with van der Waals surface area (Å²) in [7, 11) is 3.48. The number of rotatable bonds is 6. The van der Waals surface area contributed by atoms with Gasteiger partial charge in [0.05, 0.1) is 6.61 Å². The fourth-order valence-electron chi connectivity index (χ4n) is 2.87. The number of methoxy groups -OCH3 is 2. The summed E-state index contributed by atoms with van der Waals surface area (Å²) in [4.78, 5) is 0. The van der Waals surface area contributed by atoms with Crippen molar-refractivity contribution in [2.45, 2.75) is 25.4 Å². The Morgan fingerprint density at radius 3 is 2.63 bits per heavy atom. The zero-order chi connectivity index (χ0) is 13.5. The molecule has 1 aliphatic rings. The summed E-state index contributed by atoms with van der Waals surface area (Å²) in [6.07, 6.45) is 3.75. The zero-order valence-corrected chi connectivity index (χ0v) is 12.0. The second-order valence-corrected chi connectivity index (χ2v) is 5.28. The molecule has 0 saturated carbocycles. The van der Waals surface area contributed by atoms with E-state index in [4.69, 9.17) is 9.47 Å². The number of hydrogen-bond acceptors (Lipinski definition) is 3. The Morgan fingerprint density at radius 2 is 1.95 bits per heavy atom. The van der Waals surface area contributed by atoms with Crippen molar-refractivity contribution in [3.8, 4) is 0 Å². The van der Waals surface area contributed by atoms with Crippen LogP contribution >= 0.6 is 0 Å². The van der Waals surface area contributed by atoms with Gasteiger partial charge in [-0.3, -0.25) is 0 Å². The Morgan fingerprint density at radius 1 is 1.21 bits per heavy atom. The molecule has 3 nitrogen and oxygen atoms in total. The van der Waals surface area contributed by atoms with Crippen LogP contribution in [0.3, 0.4) is 0 Å². The molecule has 3 heteroatoms. The van der Waals surface area contributed by atoms with E-state index in [0.717, 1.165) is 25.4 Å². The van der Waals surface area contributed by atoms with E-state index in [-0.39, 0.29) is 6.10 Å². The number of ether oxygens (including phenoxy) is 2. The minimum Gasteiger partial charge on any atom is -0.382 e. The van der Waals surface area contributed by atoms with Gasteiger partial charge in [-0.1, -0.05) is 24.3 Å². The maximum atomic E-state index is 5.57. The maximum Gasteiger partial charge on any atom is 0.106 e. The van der Waals surface area contributed by atoms with Gasteiger partial charge in [-0.15, -0.1) is 0 Å². The Kier molecular flexibility index (Phi) is 5.83. The number of hydrogen-bond donors (Lipinski definition) is 1. The van der Waals surface area contributed by atoms with Crippen LogP contribution < -0.4 is 5.32 Å². The molecular formula is C16H25NO2. The van der Waals surface area contributed by atoms with Gasteiger partial charge in [-0.05, 0) is 49.4 Å². The van der Waals surface area contributed by atoms with Crippen LogP contribution in [-0.4, -0.2) is 33.9 Å². The molecule has 1 heterocycles. The summed E-state index contributed by atoms with van der Waals surface area (Å²) >= 11 is 0. The molecule has 19 heavy (non-hydrogen) atoms. The first-order valence-electron chi connectivity index (χ1n) is 7.15. The second kappa shape index (κ2) is 7.63. The van der Waals surface area contributed by atoms with E-state index in [9.17, 15) is 0 Å². The first kappa shape index (κ1) is 14.5. The Balaban J connectivity index is 2.10. The average Bonchev–Trinajstić information content (AvgIpc) is 2.47. The maximum absolute atomic E-state index is 5.57. The minimum atomic E-state index is 0.0444. The van der Waals surface area contributed by atoms with E-state index in [0.29, 0.717) is 6.61 Å². The molecule has 1 saturated heterocycles. The topological polar surface area (TPSA) is 30.5 Å². The molecule has 1 aromatic carbocycles. The van der Waals surface area contributed by atoms with Crippen LogP contribution in [0.1, 0.15) is 30.1 Å². The third-order valence-corrected chi connectivity index (χ3v) is 3.97. The standard InChI is InChI=1S/C16H25NO2/c1-18-12-16(19-2)15-6-4-3-5-14(15)11-13-7-9-17-10-8-13/h3-6,13,16-17H,7-12H2,1-2H3. The second-order valence-electron chi connectivity index (χ2n) is 5.28. The number of piperidine rings is 1. The molecule has 0 aromatic heterocycles. The van der Waals surface area contributed by atoms with E-state index in [2.05, 4.69) is 29.6 Å². The molecule has 0 spiro atoms. The van der Waals surface area contributed by atoms with Gasteiger partial charge in [0.1, 0.15) is 6.10 Å². The first-order chi connectivity index (χ1) is 9.35. The Labute approximate surface area is 116 Å². The van der Waals surface area contributed by atoms with Gasteiger partial charge in [0.2, 0.25) is 0 Å². The summed E-state index contributed by atoms with van der Waals surface area (Å²) in [5.74, 6) is 0.794. The minimum absolute atomic E-state index is 0.0444. The monoisotopic (exact) mass is 263 g/mol. The third kappa shape index (κ3) is 4.03. The third-order valence-electron chi connectivity index (χ3n) is 3.97. The summed E-state index contributed by atoms with van der Waals surface area (Å²) in [6, 6.07) is 8.62. The lowest BCUT2D eigenvalue weighted by atomic mass is 9.88. The SMILES string of the molecule is COCC(OC)c1ccccc1CC1CCNCC1. The molecule has 1 atom stereocenters. The highest BCUT2D eigenvalue weighted by molar-refractivity contribution is 5.30. The molecular weight excluding hydrogens is 238 g/mol. The highest BCUT2D eigenvalue weighted by Crippen LogP contribution is 2.26.